The number of ether oxygens (including phenoxy) is 2. The minimum Gasteiger partial charge on any atom is -0.495 e. The predicted octanol–water partition coefficient (Wildman–Crippen LogP) is 3.40. The van der Waals surface area contributed by atoms with Gasteiger partial charge in [-0.3, -0.25) is 4.79 Å². The van der Waals surface area contributed by atoms with E-state index >= 15 is 0 Å². The van der Waals surface area contributed by atoms with Crippen LogP contribution in [0.1, 0.15) is 58.0 Å². The van der Waals surface area contributed by atoms with Gasteiger partial charge in [0.2, 0.25) is 15.8 Å². The summed E-state index contributed by atoms with van der Waals surface area (Å²) in [4.78, 5) is 25.5. The lowest BCUT2D eigenvalue weighted by molar-refractivity contribution is 0.0318. The number of hydrogen-bond acceptors (Lipinski definition) is 6. The summed E-state index contributed by atoms with van der Waals surface area (Å²) in [5.74, 6) is -0.880. The van der Waals surface area contributed by atoms with Crippen LogP contribution in [0.25, 0.3) is 0 Å². The Bertz CT molecular complexity index is 1150. The highest BCUT2D eigenvalue weighted by atomic mass is 32.2. The monoisotopic (exact) mass is 457 g/mol. The first-order valence-electron chi connectivity index (χ1n) is 10.9. The number of sulfonamides is 1. The second-order valence-electron chi connectivity index (χ2n) is 8.23. The second kappa shape index (κ2) is 9.03. The molecule has 1 aliphatic carbocycles. The zero-order chi connectivity index (χ0) is 22.9. The summed E-state index contributed by atoms with van der Waals surface area (Å²) in [5.41, 5.74) is 2.99. The van der Waals surface area contributed by atoms with E-state index in [0.717, 1.165) is 32.1 Å². The number of carbonyl (C=O) groups is 2. The largest absolute Gasteiger partial charge is 0.495 e. The van der Waals surface area contributed by atoms with E-state index < -0.39 is 22.1 Å². The van der Waals surface area contributed by atoms with E-state index in [-0.39, 0.29) is 22.0 Å². The quantitative estimate of drug-likeness (QED) is 0.468. The number of rotatable bonds is 7. The molecule has 0 aromatic heterocycles. The number of carbonyl (C=O) groups excluding carboxylic acids is 2. The van der Waals surface area contributed by atoms with Gasteiger partial charge in [-0.2, -0.15) is 4.31 Å². The fourth-order valence-corrected chi connectivity index (χ4v) is 6.01. The van der Waals surface area contributed by atoms with Crippen molar-refractivity contribution in [3.8, 4) is 5.75 Å². The number of methoxy groups -OCH3 is 1. The van der Waals surface area contributed by atoms with Crippen LogP contribution in [0.3, 0.4) is 0 Å². The highest BCUT2D eigenvalue weighted by Gasteiger charge is 2.31. The molecular formula is C24H27NO6S. The van der Waals surface area contributed by atoms with Gasteiger partial charge in [-0.15, -0.1) is 0 Å². The van der Waals surface area contributed by atoms with Gasteiger partial charge in [-0.25, -0.2) is 13.2 Å². The molecule has 0 N–H and O–H groups in total. The van der Waals surface area contributed by atoms with Crippen LogP contribution in [0.5, 0.6) is 5.75 Å². The summed E-state index contributed by atoms with van der Waals surface area (Å²) < 4.78 is 38.1. The topological polar surface area (TPSA) is 90.0 Å². The van der Waals surface area contributed by atoms with Crippen molar-refractivity contribution in [1.29, 1.82) is 0 Å². The van der Waals surface area contributed by atoms with Crippen LogP contribution in [0.15, 0.2) is 41.3 Å². The van der Waals surface area contributed by atoms with E-state index in [9.17, 15) is 18.0 Å². The molecule has 2 aromatic rings. The van der Waals surface area contributed by atoms with Gasteiger partial charge in [0.1, 0.15) is 10.6 Å². The van der Waals surface area contributed by atoms with Crippen LogP contribution in [-0.2, 0) is 27.6 Å². The van der Waals surface area contributed by atoms with Gasteiger partial charge in [0, 0.05) is 18.7 Å². The Morgan fingerprint density at radius 2 is 1.62 bits per heavy atom. The summed E-state index contributed by atoms with van der Waals surface area (Å²) in [6, 6.07) is 9.75. The molecule has 2 aromatic carbocycles. The predicted molar refractivity (Wildman–Crippen MR) is 119 cm³/mol. The van der Waals surface area contributed by atoms with Crippen LogP contribution in [-0.4, -0.2) is 50.8 Å². The third kappa shape index (κ3) is 4.29. The number of hydrogen-bond donors (Lipinski definition) is 0. The number of nitrogens with zero attached hydrogens (tertiary/aromatic N) is 1. The van der Waals surface area contributed by atoms with Crippen LogP contribution in [0.2, 0.25) is 0 Å². The number of benzene rings is 2. The van der Waals surface area contributed by atoms with Gasteiger partial charge in [0.25, 0.3) is 0 Å². The molecule has 1 fully saturated rings. The van der Waals surface area contributed by atoms with Crippen molar-refractivity contribution >= 4 is 21.8 Å². The number of aryl methyl sites for hydroxylation is 2. The van der Waals surface area contributed by atoms with Gasteiger partial charge in [0.15, 0.2) is 6.10 Å². The minimum absolute atomic E-state index is 0.0529. The first-order valence-corrected chi connectivity index (χ1v) is 12.3. The fourth-order valence-electron chi connectivity index (χ4n) is 4.31. The van der Waals surface area contributed by atoms with Crippen molar-refractivity contribution in [2.45, 2.75) is 50.0 Å². The van der Waals surface area contributed by atoms with Crippen molar-refractivity contribution in [1.82, 2.24) is 4.31 Å². The van der Waals surface area contributed by atoms with Crippen LogP contribution in [0.4, 0.5) is 0 Å². The maximum atomic E-state index is 13.0. The van der Waals surface area contributed by atoms with Crippen LogP contribution < -0.4 is 4.74 Å². The van der Waals surface area contributed by atoms with Gasteiger partial charge in [0.05, 0.1) is 12.7 Å². The molecule has 170 valence electrons. The highest BCUT2D eigenvalue weighted by molar-refractivity contribution is 7.89. The normalized spacial score (nSPS) is 17.1. The Morgan fingerprint density at radius 1 is 0.938 bits per heavy atom. The first-order chi connectivity index (χ1) is 15.3. The maximum Gasteiger partial charge on any atom is 0.338 e. The van der Waals surface area contributed by atoms with Gasteiger partial charge in [-0.1, -0.05) is 12.1 Å². The zero-order valence-electron chi connectivity index (χ0n) is 18.3. The van der Waals surface area contributed by atoms with E-state index in [0.29, 0.717) is 18.7 Å². The molecule has 2 aliphatic rings. The SMILES string of the molecule is COc1ccc(C(=O)OC(C)C(=O)c2ccc3c(c2)CCC3)cc1S(=O)(=O)N1CCCC1. The molecule has 1 atom stereocenters. The lowest BCUT2D eigenvalue weighted by Crippen LogP contribution is -2.28. The molecule has 0 saturated carbocycles. The fraction of sp³-hybridized carbons (Fsp3) is 0.417. The Balaban J connectivity index is 1.53. The third-order valence-corrected chi connectivity index (χ3v) is 8.04. The number of fused-ring (bicyclic) bond motifs is 1. The van der Waals surface area contributed by atoms with E-state index in [1.165, 1.54) is 47.7 Å². The smallest absolute Gasteiger partial charge is 0.338 e. The van der Waals surface area contributed by atoms with Crippen molar-refractivity contribution in [3.63, 3.8) is 0 Å². The molecule has 0 radical (unpaired) electrons. The minimum atomic E-state index is -3.80. The zero-order valence-corrected chi connectivity index (χ0v) is 19.1. The summed E-state index contributed by atoms with van der Waals surface area (Å²) in [6.07, 6.45) is 3.65. The number of ketones is 1. The average Bonchev–Trinajstić information content (AvgIpc) is 3.49. The Hall–Kier alpha value is -2.71. The van der Waals surface area contributed by atoms with Gasteiger partial charge < -0.3 is 9.47 Å². The summed E-state index contributed by atoms with van der Waals surface area (Å²) in [6.45, 7) is 2.40. The Labute approximate surface area is 188 Å². The Morgan fingerprint density at radius 3 is 2.34 bits per heavy atom. The van der Waals surface area contributed by atoms with Crippen LogP contribution in [0, 0.1) is 0 Å². The summed E-state index contributed by atoms with van der Waals surface area (Å²) >= 11 is 0. The van der Waals surface area contributed by atoms with E-state index in [2.05, 4.69) is 0 Å². The lowest BCUT2D eigenvalue weighted by Gasteiger charge is -2.18. The molecule has 1 unspecified atom stereocenters. The van der Waals surface area contributed by atoms with E-state index in [4.69, 9.17) is 9.47 Å². The van der Waals surface area contributed by atoms with Crippen molar-refractivity contribution in [2.75, 3.05) is 20.2 Å². The molecule has 8 heteroatoms. The summed E-state index contributed by atoms with van der Waals surface area (Å²) in [5, 5.41) is 0. The summed E-state index contributed by atoms with van der Waals surface area (Å²) in [7, 11) is -2.41. The van der Waals surface area contributed by atoms with Crippen molar-refractivity contribution in [3.05, 3.63) is 58.7 Å². The average molecular weight is 458 g/mol. The molecule has 1 heterocycles. The molecule has 4 rings (SSSR count). The number of Topliss-reactive ketones (excluding diaryl/α,β-unsaturated/α-hetero) is 1. The molecule has 1 saturated heterocycles. The van der Waals surface area contributed by atoms with Gasteiger partial charge in [-0.05, 0) is 74.4 Å². The lowest BCUT2D eigenvalue weighted by atomic mass is 10.0. The molecule has 32 heavy (non-hydrogen) atoms. The van der Waals surface area contributed by atoms with E-state index in [1.54, 1.807) is 6.07 Å². The highest BCUT2D eigenvalue weighted by Crippen LogP contribution is 2.30. The molecule has 7 nitrogen and oxygen atoms in total. The molecule has 1 aliphatic heterocycles. The third-order valence-electron chi connectivity index (χ3n) is 6.12. The standard InChI is InChI=1S/C24H27NO6S/c1-16(23(26)19-9-8-17-6-5-7-18(17)14-19)31-24(27)20-10-11-21(30-2)22(15-20)32(28,29)25-12-3-4-13-25/h8-11,14-16H,3-7,12-13H2,1-2H3. The molecule has 0 spiro atoms. The maximum absolute atomic E-state index is 13.0. The van der Waals surface area contributed by atoms with Crippen molar-refractivity contribution < 1.29 is 27.5 Å². The first kappa shape index (κ1) is 22.5. The van der Waals surface area contributed by atoms with Crippen molar-refractivity contribution in [2.24, 2.45) is 0 Å². The van der Waals surface area contributed by atoms with E-state index in [1.807, 2.05) is 12.1 Å². The van der Waals surface area contributed by atoms with Crippen LogP contribution >= 0.6 is 0 Å². The number of esters is 1. The second-order valence-corrected chi connectivity index (χ2v) is 10.1. The Kier molecular flexibility index (Phi) is 6.35. The molecule has 0 amide bonds. The molecular weight excluding hydrogens is 430 g/mol. The molecule has 0 bridgehead atoms. The van der Waals surface area contributed by atoms with Gasteiger partial charge >= 0.3 is 5.97 Å².